The molecule has 1 amide bonds. The van der Waals surface area contributed by atoms with E-state index >= 15 is 0 Å². The molecule has 2 atom stereocenters. The standard InChI is InChI=1S/C16H25N3O2/c1-11(2)13(19(3)4)9-18-16(20)15-10-17-12-7-5-6-8-14(12)21-15/h5-8,11,13,15,17H,9-10H2,1-4H3,(H,18,20). The van der Waals surface area contributed by atoms with Gasteiger partial charge in [-0.1, -0.05) is 26.0 Å². The van der Waals surface area contributed by atoms with Crippen molar-refractivity contribution in [3.63, 3.8) is 0 Å². The highest BCUT2D eigenvalue weighted by atomic mass is 16.5. The minimum absolute atomic E-state index is 0.0653. The first-order valence-electron chi connectivity index (χ1n) is 7.42. The Hall–Kier alpha value is -1.75. The lowest BCUT2D eigenvalue weighted by molar-refractivity contribution is -0.127. The summed E-state index contributed by atoms with van der Waals surface area (Å²) < 4.78 is 5.76. The van der Waals surface area contributed by atoms with Crippen molar-refractivity contribution in [1.82, 2.24) is 10.2 Å². The number of fused-ring (bicyclic) bond motifs is 1. The van der Waals surface area contributed by atoms with Crippen molar-refractivity contribution in [3.05, 3.63) is 24.3 Å². The number of ether oxygens (including phenoxy) is 1. The second-order valence-electron chi connectivity index (χ2n) is 6.00. The molecule has 0 aliphatic carbocycles. The minimum Gasteiger partial charge on any atom is -0.477 e. The molecule has 0 saturated heterocycles. The molecule has 0 fully saturated rings. The van der Waals surface area contributed by atoms with Gasteiger partial charge >= 0.3 is 0 Å². The molecule has 116 valence electrons. The van der Waals surface area contributed by atoms with Gasteiger partial charge < -0.3 is 20.3 Å². The molecule has 1 aromatic carbocycles. The molecular formula is C16H25N3O2. The quantitative estimate of drug-likeness (QED) is 0.864. The van der Waals surface area contributed by atoms with Crippen LogP contribution < -0.4 is 15.4 Å². The van der Waals surface area contributed by atoms with E-state index in [-0.39, 0.29) is 5.91 Å². The van der Waals surface area contributed by atoms with Crippen molar-refractivity contribution in [2.24, 2.45) is 5.92 Å². The van der Waals surface area contributed by atoms with Crippen molar-refractivity contribution in [2.75, 3.05) is 32.5 Å². The lowest BCUT2D eigenvalue weighted by Crippen LogP contribution is -2.49. The number of nitrogens with one attached hydrogen (secondary N) is 2. The zero-order valence-electron chi connectivity index (χ0n) is 13.2. The molecule has 1 heterocycles. The van der Waals surface area contributed by atoms with Gasteiger partial charge in [0.25, 0.3) is 5.91 Å². The monoisotopic (exact) mass is 291 g/mol. The lowest BCUT2D eigenvalue weighted by Gasteiger charge is -2.30. The molecule has 1 aromatic rings. The Bertz CT molecular complexity index is 480. The summed E-state index contributed by atoms with van der Waals surface area (Å²) in [5, 5.41) is 6.23. The largest absolute Gasteiger partial charge is 0.477 e. The molecule has 5 nitrogen and oxygen atoms in total. The topological polar surface area (TPSA) is 53.6 Å². The maximum Gasteiger partial charge on any atom is 0.263 e. The van der Waals surface area contributed by atoms with Crippen molar-refractivity contribution in [3.8, 4) is 5.75 Å². The van der Waals surface area contributed by atoms with Crippen molar-refractivity contribution in [2.45, 2.75) is 26.0 Å². The van der Waals surface area contributed by atoms with E-state index in [4.69, 9.17) is 4.74 Å². The van der Waals surface area contributed by atoms with Gasteiger partial charge in [0.15, 0.2) is 6.10 Å². The van der Waals surface area contributed by atoms with E-state index in [1.165, 1.54) is 0 Å². The van der Waals surface area contributed by atoms with E-state index in [1.807, 2.05) is 38.4 Å². The number of carbonyl (C=O) groups is 1. The summed E-state index contributed by atoms with van der Waals surface area (Å²) in [6.07, 6.45) is -0.477. The van der Waals surface area contributed by atoms with Crippen molar-refractivity contribution >= 4 is 11.6 Å². The first kappa shape index (κ1) is 15.6. The number of benzene rings is 1. The van der Waals surface area contributed by atoms with Gasteiger partial charge in [-0.15, -0.1) is 0 Å². The SMILES string of the molecule is CC(C)C(CNC(=O)C1CNc2ccccc2O1)N(C)C. The zero-order valence-corrected chi connectivity index (χ0v) is 13.2. The molecule has 0 spiro atoms. The number of hydrogen-bond acceptors (Lipinski definition) is 4. The highest BCUT2D eigenvalue weighted by molar-refractivity contribution is 5.83. The third-order valence-electron chi connectivity index (χ3n) is 3.84. The molecule has 1 aliphatic rings. The number of rotatable bonds is 5. The van der Waals surface area contributed by atoms with Crippen molar-refractivity contribution in [1.29, 1.82) is 0 Å². The number of nitrogens with zero attached hydrogens (tertiary/aromatic N) is 1. The molecule has 2 N–H and O–H groups in total. The average Bonchev–Trinajstić information content (AvgIpc) is 2.46. The molecule has 2 unspecified atom stereocenters. The summed E-state index contributed by atoms with van der Waals surface area (Å²) in [6.45, 7) is 5.44. The smallest absolute Gasteiger partial charge is 0.263 e. The molecule has 1 aliphatic heterocycles. The van der Waals surface area contributed by atoms with Crippen molar-refractivity contribution < 1.29 is 9.53 Å². The number of amides is 1. The van der Waals surface area contributed by atoms with E-state index in [0.717, 1.165) is 11.4 Å². The Morgan fingerprint density at radius 1 is 1.43 bits per heavy atom. The predicted molar refractivity (Wildman–Crippen MR) is 84.7 cm³/mol. The number of para-hydroxylation sites is 2. The van der Waals surface area contributed by atoms with Gasteiger partial charge in [-0.3, -0.25) is 4.79 Å². The first-order chi connectivity index (χ1) is 9.99. The van der Waals surface area contributed by atoms with E-state index < -0.39 is 6.10 Å². The van der Waals surface area contributed by atoms with Crippen LogP contribution in [0, 0.1) is 5.92 Å². The molecule has 0 bridgehead atoms. The van der Waals surface area contributed by atoms with Crippen LogP contribution in [0.1, 0.15) is 13.8 Å². The van der Waals surface area contributed by atoms with Crippen LogP contribution in [0.3, 0.4) is 0 Å². The van der Waals surface area contributed by atoms with E-state index in [0.29, 0.717) is 25.0 Å². The Balaban J connectivity index is 1.90. The Kier molecular flexibility index (Phi) is 5.07. The van der Waals surface area contributed by atoms with Gasteiger partial charge in [-0.2, -0.15) is 0 Å². The molecule has 0 saturated carbocycles. The van der Waals surface area contributed by atoms with Crippen LogP contribution in [0.25, 0.3) is 0 Å². The normalized spacial score (nSPS) is 18.7. The fraction of sp³-hybridized carbons (Fsp3) is 0.562. The zero-order chi connectivity index (χ0) is 15.4. The highest BCUT2D eigenvalue weighted by Gasteiger charge is 2.26. The number of likely N-dealkylation sites (N-methyl/N-ethyl adjacent to an activating group) is 1. The summed E-state index contributed by atoms with van der Waals surface area (Å²) in [7, 11) is 4.07. The fourth-order valence-electron chi connectivity index (χ4n) is 2.59. The van der Waals surface area contributed by atoms with E-state index in [9.17, 15) is 4.79 Å². The molecule has 2 rings (SSSR count). The molecule has 21 heavy (non-hydrogen) atoms. The van der Waals surface area contributed by atoms with Crippen LogP contribution in [-0.4, -0.2) is 50.1 Å². The third kappa shape index (κ3) is 3.88. The maximum atomic E-state index is 12.3. The number of carbonyl (C=O) groups excluding carboxylic acids is 1. The third-order valence-corrected chi connectivity index (χ3v) is 3.84. The van der Waals surface area contributed by atoms with Gasteiger partial charge in [0.1, 0.15) is 5.75 Å². The van der Waals surface area contributed by atoms with Crippen LogP contribution in [-0.2, 0) is 4.79 Å². The Labute approximate surface area is 126 Å². The average molecular weight is 291 g/mol. The lowest BCUT2D eigenvalue weighted by atomic mass is 10.0. The van der Waals surface area contributed by atoms with Crippen LogP contribution >= 0.6 is 0 Å². The summed E-state index contributed by atoms with van der Waals surface area (Å²) in [4.78, 5) is 14.4. The second kappa shape index (κ2) is 6.80. The van der Waals surface area contributed by atoms with Gasteiger partial charge in [0, 0.05) is 12.6 Å². The Morgan fingerprint density at radius 2 is 2.14 bits per heavy atom. The fourth-order valence-corrected chi connectivity index (χ4v) is 2.59. The highest BCUT2D eigenvalue weighted by Crippen LogP contribution is 2.28. The van der Waals surface area contributed by atoms with Gasteiger partial charge in [-0.25, -0.2) is 0 Å². The Morgan fingerprint density at radius 3 is 2.81 bits per heavy atom. The van der Waals surface area contributed by atoms with Crippen LogP contribution in [0.4, 0.5) is 5.69 Å². The number of hydrogen-bond donors (Lipinski definition) is 2. The van der Waals surface area contributed by atoms with E-state index in [2.05, 4.69) is 29.4 Å². The maximum absolute atomic E-state index is 12.3. The molecular weight excluding hydrogens is 266 g/mol. The predicted octanol–water partition coefficient (Wildman–Crippen LogP) is 1.56. The molecule has 0 radical (unpaired) electrons. The van der Waals surface area contributed by atoms with Crippen LogP contribution in [0.5, 0.6) is 5.75 Å². The van der Waals surface area contributed by atoms with E-state index in [1.54, 1.807) is 0 Å². The molecule has 0 aromatic heterocycles. The summed E-state index contributed by atoms with van der Waals surface area (Å²) >= 11 is 0. The summed E-state index contributed by atoms with van der Waals surface area (Å²) in [6, 6.07) is 7.99. The van der Waals surface area contributed by atoms with Gasteiger partial charge in [-0.05, 0) is 32.1 Å². The molecule has 5 heteroatoms. The minimum atomic E-state index is -0.477. The number of anilines is 1. The van der Waals surface area contributed by atoms with Gasteiger partial charge in [0.2, 0.25) is 0 Å². The van der Waals surface area contributed by atoms with Gasteiger partial charge in [0.05, 0.1) is 12.2 Å². The second-order valence-corrected chi connectivity index (χ2v) is 6.00. The summed E-state index contributed by atoms with van der Waals surface area (Å²) in [5.41, 5.74) is 0.940. The van der Waals surface area contributed by atoms with Crippen LogP contribution in [0.15, 0.2) is 24.3 Å². The first-order valence-corrected chi connectivity index (χ1v) is 7.42. The van der Waals surface area contributed by atoms with Crippen LogP contribution in [0.2, 0.25) is 0 Å². The summed E-state index contributed by atoms with van der Waals surface area (Å²) in [5.74, 6) is 1.15.